The van der Waals surface area contributed by atoms with Crippen LogP contribution in [0.5, 0.6) is 5.75 Å². The van der Waals surface area contributed by atoms with Crippen LogP contribution in [-0.2, 0) is 11.4 Å². The molecule has 0 N–H and O–H groups in total. The first kappa shape index (κ1) is 19.0. The second-order valence-electron chi connectivity index (χ2n) is 6.59. The van der Waals surface area contributed by atoms with Gasteiger partial charge in [-0.15, -0.1) is 6.58 Å². The standard InChI is InChI=1S/C24H19NO3S/c1-2-13-25-23(26)22(29-24(25)27)15-20-9-5-6-10-21(20)28-16-17-11-12-18-7-3-4-8-19(18)14-17/h2-12,14-15H,1,13,16H2/b22-15+. The van der Waals surface area contributed by atoms with E-state index in [2.05, 4.69) is 30.8 Å². The molecule has 1 heterocycles. The molecule has 1 aliphatic heterocycles. The van der Waals surface area contributed by atoms with E-state index in [0.717, 1.165) is 28.3 Å². The number of carbonyl (C=O) groups is 2. The van der Waals surface area contributed by atoms with Gasteiger partial charge in [0, 0.05) is 12.1 Å². The molecule has 4 nitrogen and oxygen atoms in total. The molecule has 0 aromatic heterocycles. The third-order valence-corrected chi connectivity index (χ3v) is 5.51. The van der Waals surface area contributed by atoms with Crippen molar-refractivity contribution in [3.63, 3.8) is 0 Å². The van der Waals surface area contributed by atoms with Crippen molar-refractivity contribution < 1.29 is 14.3 Å². The summed E-state index contributed by atoms with van der Waals surface area (Å²) in [4.78, 5) is 26.0. The van der Waals surface area contributed by atoms with Crippen molar-refractivity contribution in [1.82, 2.24) is 4.90 Å². The largest absolute Gasteiger partial charge is 0.488 e. The van der Waals surface area contributed by atoms with Crippen LogP contribution in [0, 0.1) is 0 Å². The Morgan fingerprint density at radius 2 is 1.72 bits per heavy atom. The van der Waals surface area contributed by atoms with Crippen LogP contribution < -0.4 is 4.74 Å². The minimum atomic E-state index is -0.302. The quantitative estimate of drug-likeness (QED) is 0.396. The third kappa shape index (κ3) is 4.10. The predicted octanol–water partition coefficient (Wildman–Crippen LogP) is 5.64. The van der Waals surface area contributed by atoms with Gasteiger partial charge in [-0.2, -0.15) is 0 Å². The summed E-state index contributed by atoms with van der Waals surface area (Å²) in [6.45, 7) is 4.21. The minimum absolute atomic E-state index is 0.210. The molecule has 0 spiro atoms. The van der Waals surface area contributed by atoms with Crippen molar-refractivity contribution in [2.75, 3.05) is 6.54 Å². The summed E-state index contributed by atoms with van der Waals surface area (Å²) in [6.07, 6.45) is 3.25. The van der Waals surface area contributed by atoms with Crippen molar-refractivity contribution in [1.29, 1.82) is 0 Å². The summed E-state index contributed by atoms with van der Waals surface area (Å²) in [5.74, 6) is 0.361. The maximum atomic E-state index is 12.5. The van der Waals surface area contributed by atoms with Gasteiger partial charge in [0.25, 0.3) is 11.1 Å². The summed E-state index contributed by atoms with van der Waals surface area (Å²) in [5, 5.41) is 2.07. The lowest BCUT2D eigenvalue weighted by Gasteiger charge is -2.11. The fourth-order valence-electron chi connectivity index (χ4n) is 3.15. The van der Waals surface area contributed by atoms with E-state index in [1.807, 2.05) is 42.5 Å². The van der Waals surface area contributed by atoms with Crippen LogP contribution in [0.15, 0.2) is 84.3 Å². The fourth-order valence-corrected chi connectivity index (χ4v) is 3.99. The topological polar surface area (TPSA) is 46.6 Å². The number of carbonyl (C=O) groups excluding carboxylic acids is 2. The molecule has 5 heteroatoms. The monoisotopic (exact) mass is 401 g/mol. The van der Waals surface area contributed by atoms with E-state index in [4.69, 9.17) is 4.74 Å². The molecule has 1 aliphatic rings. The van der Waals surface area contributed by atoms with Crippen molar-refractivity contribution in [2.24, 2.45) is 0 Å². The zero-order valence-corrected chi connectivity index (χ0v) is 16.5. The van der Waals surface area contributed by atoms with E-state index in [0.29, 0.717) is 17.3 Å². The van der Waals surface area contributed by atoms with Crippen LogP contribution in [0.2, 0.25) is 0 Å². The first-order valence-corrected chi connectivity index (χ1v) is 10.0. The highest BCUT2D eigenvalue weighted by Crippen LogP contribution is 2.34. The first-order valence-electron chi connectivity index (χ1n) is 9.21. The number of rotatable bonds is 6. The Bertz CT molecular complexity index is 1140. The number of hydrogen-bond donors (Lipinski definition) is 0. The van der Waals surface area contributed by atoms with Gasteiger partial charge in [0.05, 0.1) is 4.91 Å². The van der Waals surface area contributed by atoms with Gasteiger partial charge in [-0.1, -0.05) is 60.7 Å². The van der Waals surface area contributed by atoms with Crippen molar-refractivity contribution >= 4 is 39.8 Å². The number of para-hydroxylation sites is 1. The van der Waals surface area contributed by atoms with Crippen LogP contribution in [0.3, 0.4) is 0 Å². The lowest BCUT2D eigenvalue weighted by molar-refractivity contribution is -0.122. The van der Waals surface area contributed by atoms with Gasteiger partial charge < -0.3 is 4.74 Å². The summed E-state index contributed by atoms with van der Waals surface area (Å²) in [6, 6.07) is 21.9. The second-order valence-corrected chi connectivity index (χ2v) is 7.58. The SMILES string of the molecule is C=CCN1C(=O)S/C(=C/c2ccccc2OCc2ccc3ccccc3c2)C1=O. The van der Waals surface area contributed by atoms with E-state index < -0.39 is 0 Å². The minimum Gasteiger partial charge on any atom is -0.488 e. The molecular weight excluding hydrogens is 382 g/mol. The Kier molecular flexibility index (Phi) is 5.49. The first-order chi connectivity index (χ1) is 14.2. The molecule has 4 rings (SSSR count). The maximum Gasteiger partial charge on any atom is 0.293 e. The molecule has 2 amide bonds. The van der Waals surface area contributed by atoms with Gasteiger partial charge in [-0.3, -0.25) is 14.5 Å². The van der Waals surface area contributed by atoms with Crippen LogP contribution in [0.25, 0.3) is 16.8 Å². The van der Waals surface area contributed by atoms with Crippen molar-refractivity contribution in [3.05, 3.63) is 95.4 Å². The molecule has 0 atom stereocenters. The lowest BCUT2D eigenvalue weighted by Crippen LogP contribution is -2.27. The average molecular weight is 401 g/mol. The summed E-state index contributed by atoms with van der Waals surface area (Å²) in [7, 11) is 0. The number of amides is 2. The van der Waals surface area contributed by atoms with E-state index in [1.165, 1.54) is 10.3 Å². The molecule has 0 unspecified atom stereocenters. The summed E-state index contributed by atoms with van der Waals surface area (Å²) < 4.78 is 6.04. The normalized spacial score (nSPS) is 15.3. The van der Waals surface area contributed by atoms with E-state index in [9.17, 15) is 9.59 Å². The molecule has 144 valence electrons. The molecule has 29 heavy (non-hydrogen) atoms. The Labute approximate surface area is 173 Å². The highest BCUT2D eigenvalue weighted by molar-refractivity contribution is 8.18. The van der Waals surface area contributed by atoms with E-state index in [-0.39, 0.29) is 17.7 Å². The van der Waals surface area contributed by atoms with Gasteiger partial charge >= 0.3 is 0 Å². The Balaban J connectivity index is 1.54. The second kappa shape index (κ2) is 8.37. The Morgan fingerprint density at radius 1 is 0.966 bits per heavy atom. The smallest absolute Gasteiger partial charge is 0.293 e. The molecule has 0 aliphatic carbocycles. The third-order valence-electron chi connectivity index (χ3n) is 4.60. The molecule has 1 fully saturated rings. The number of fused-ring (bicyclic) bond motifs is 1. The molecule has 3 aromatic carbocycles. The van der Waals surface area contributed by atoms with Crippen LogP contribution in [0.1, 0.15) is 11.1 Å². The van der Waals surface area contributed by atoms with Crippen LogP contribution in [-0.4, -0.2) is 22.6 Å². The van der Waals surface area contributed by atoms with Gasteiger partial charge in [-0.05, 0) is 46.3 Å². The number of ether oxygens (including phenoxy) is 1. The number of thioether (sulfide) groups is 1. The number of imide groups is 1. The summed E-state index contributed by atoms with van der Waals surface area (Å²) >= 11 is 0.936. The number of nitrogens with zero attached hydrogens (tertiary/aromatic N) is 1. The molecule has 0 bridgehead atoms. The van der Waals surface area contributed by atoms with E-state index >= 15 is 0 Å². The van der Waals surface area contributed by atoms with Crippen LogP contribution >= 0.6 is 11.8 Å². The number of benzene rings is 3. The molecule has 1 saturated heterocycles. The summed E-state index contributed by atoms with van der Waals surface area (Å²) in [5.41, 5.74) is 1.82. The highest BCUT2D eigenvalue weighted by Gasteiger charge is 2.34. The zero-order chi connectivity index (χ0) is 20.2. The van der Waals surface area contributed by atoms with Crippen molar-refractivity contribution in [3.8, 4) is 5.75 Å². The Hall–Kier alpha value is -3.31. The molecule has 0 saturated carbocycles. The van der Waals surface area contributed by atoms with Gasteiger partial charge in [0.1, 0.15) is 12.4 Å². The average Bonchev–Trinajstić information content (AvgIpc) is 3.01. The molecular formula is C24H19NO3S. The number of hydrogen-bond acceptors (Lipinski definition) is 4. The van der Waals surface area contributed by atoms with Gasteiger partial charge in [-0.25, -0.2) is 0 Å². The van der Waals surface area contributed by atoms with Crippen LogP contribution in [0.4, 0.5) is 4.79 Å². The van der Waals surface area contributed by atoms with Crippen molar-refractivity contribution in [2.45, 2.75) is 6.61 Å². The molecule has 0 radical (unpaired) electrons. The highest BCUT2D eigenvalue weighted by atomic mass is 32.2. The Morgan fingerprint density at radius 3 is 2.55 bits per heavy atom. The van der Waals surface area contributed by atoms with Gasteiger partial charge in [0.2, 0.25) is 0 Å². The van der Waals surface area contributed by atoms with Gasteiger partial charge in [0.15, 0.2) is 0 Å². The molecule has 3 aromatic rings. The predicted molar refractivity (Wildman–Crippen MR) is 118 cm³/mol. The lowest BCUT2D eigenvalue weighted by atomic mass is 10.1. The van der Waals surface area contributed by atoms with E-state index in [1.54, 1.807) is 12.2 Å². The maximum absolute atomic E-state index is 12.5. The fraction of sp³-hybridized carbons (Fsp3) is 0.0833. The zero-order valence-electron chi connectivity index (χ0n) is 15.7.